The van der Waals surface area contributed by atoms with Crippen molar-refractivity contribution in [1.82, 2.24) is 0 Å². The summed E-state index contributed by atoms with van der Waals surface area (Å²) in [5.74, 6) is -0.769. The molecule has 0 aliphatic carbocycles. The maximum Gasteiger partial charge on any atom is 0.338 e. The van der Waals surface area contributed by atoms with Gasteiger partial charge in [-0.1, -0.05) is 15.9 Å². The lowest BCUT2D eigenvalue weighted by atomic mass is 10.0. The highest BCUT2D eigenvalue weighted by molar-refractivity contribution is 9.09. The third kappa shape index (κ3) is 4.13. The lowest BCUT2D eigenvalue weighted by molar-refractivity contribution is -0.385. The highest BCUT2D eigenvalue weighted by Gasteiger charge is 2.19. The molecule has 7 heteroatoms. The lowest BCUT2D eigenvalue weighted by Crippen LogP contribution is -2.09. The minimum atomic E-state index is -0.578. The summed E-state index contributed by atoms with van der Waals surface area (Å²) in [4.78, 5) is 33.2. The van der Waals surface area contributed by atoms with Crippen molar-refractivity contribution in [2.75, 3.05) is 11.9 Å². The fourth-order valence-corrected chi connectivity index (χ4v) is 1.70. The second kappa shape index (κ2) is 6.98. The van der Waals surface area contributed by atoms with E-state index >= 15 is 0 Å². The van der Waals surface area contributed by atoms with Gasteiger partial charge in [0.1, 0.15) is 5.78 Å². The molecule has 6 nitrogen and oxygen atoms in total. The number of halogens is 1. The van der Waals surface area contributed by atoms with Crippen molar-refractivity contribution < 1.29 is 19.2 Å². The van der Waals surface area contributed by atoms with Gasteiger partial charge in [0.25, 0.3) is 5.69 Å². The van der Waals surface area contributed by atoms with Crippen molar-refractivity contribution in [3.05, 3.63) is 39.4 Å². The number of benzene rings is 1. The Morgan fingerprint density at radius 3 is 2.63 bits per heavy atom. The second-order valence-corrected chi connectivity index (χ2v) is 4.23. The van der Waals surface area contributed by atoms with Crippen LogP contribution in [0.4, 0.5) is 5.69 Å². The molecule has 0 bridgehead atoms. The number of ketones is 1. The Kier molecular flexibility index (Phi) is 5.62. The average molecular weight is 330 g/mol. The van der Waals surface area contributed by atoms with Crippen LogP contribution in [0.1, 0.15) is 22.8 Å². The molecule has 0 aromatic heterocycles. The molecular formula is C12H12BrNO5. The zero-order valence-corrected chi connectivity index (χ0v) is 11.8. The highest BCUT2D eigenvalue weighted by Crippen LogP contribution is 2.21. The van der Waals surface area contributed by atoms with Gasteiger partial charge in [0, 0.05) is 18.1 Å². The number of Topliss-reactive ketones (excluding diaryl/α,β-unsaturated/α-hetero) is 1. The summed E-state index contributed by atoms with van der Waals surface area (Å²) in [7, 11) is 0. The molecule has 0 amide bonds. The van der Waals surface area contributed by atoms with Gasteiger partial charge in [-0.2, -0.15) is 0 Å². The Morgan fingerprint density at radius 2 is 2.11 bits per heavy atom. The summed E-state index contributed by atoms with van der Waals surface area (Å²) in [5, 5.41) is 11.0. The molecule has 0 atom stereocenters. The minimum absolute atomic E-state index is 0.102. The van der Waals surface area contributed by atoms with Crippen LogP contribution in [0, 0.1) is 10.1 Å². The summed E-state index contributed by atoms with van der Waals surface area (Å²) in [6.45, 7) is 1.88. The zero-order chi connectivity index (χ0) is 14.4. The normalized spacial score (nSPS) is 10.0. The Labute approximate surface area is 118 Å². The number of hydrogen-bond donors (Lipinski definition) is 0. The monoisotopic (exact) mass is 329 g/mol. The average Bonchev–Trinajstić information content (AvgIpc) is 2.38. The Balaban J connectivity index is 3.14. The molecule has 1 rings (SSSR count). The summed E-state index contributed by atoms with van der Waals surface area (Å²) < 4.78 is 4.81. The molecule has 102 valence electrons. The van der Waals surface area contributed by atoms with Gasteiger partial charge >= 0.3 is 5.97 Å². The first-order valence-corrected chi connectivity index (χ1v) is 6.63. The van der Waals surface area contributed by atoms with E-state index in [4.69, 9.17) is 4.74 Å². The maximum absolute atomic E-state index is 11.5. The SMILES string of the molecule is CCOC(=O)c1ccc([N+](=O)[O-])c(CC(=O)CBr)c1. The largest absolute Gasteiger partial charge is 0.462 e. The van der Waals surface area contributed by atoms with Crippen LogP contribution in [0.5, 0.6) is 0 Å². The van der Waals surface area contributed by atoms with E-state index in [0.717, 1.165) is 0 Å². The number of hydrogen-bond acceptors (Lipinski definition) is 5. The van der Waals surface area contributed by atoms with Crippen LogP contribution >= 0.6 is 15.9 Å². The molecule has 0 saturated heterocycles. The van der Waals surface area contributed by atoms with E-state index in [9.17, 15) is 19.7 Å². The third-order valence-electron chi connectivity index (χ3n) is 2.32. The molecule has 0 aliphatic rings. The summed E-state index contributed by atoms with van der Waals surface area (Å²) in [6.07, 6.45) is -0.102. The molecule has 0 N–H and O–H groups in total. The van der Waals surface area contributed by atoms with Gasteiger partial charge in [0.2, 0.25) is 0 Å². The first-order valence-electron chi connectivity index (χ1n) is 5.51. The van der Waals surface area contributed by atoms with Gasteiger partial charge in [-0.3, -0.25) is 14.9 Å². The summed E-state index contributed by atoms with van der Waals surface area (Å²) >= 11 is 3.00. The number of esters is 1. The van der Waals surface area contributed by atoms with Crippen molar-refractivity contribution >= 4 is 33.4 Å². The number of ether oxygens (including phenoxy) is 1. The lowest BCUT2D eigenvalue weighted by Gasteiger charge is -2.05. The standard InChI is InChI=1S/C12H12BrNO5/c1-2-19-12(16)8-3-4-11(14(17)18)9(5-8)6-10(15)7-13/h3-5H,2,6-7H2,1H3. The van der Waals surface area contributed by atoms with Gasteiger partial charge in [-0.05, 0) is 19.1 Å². The van der Waals surface area contributed by atoms with Gasteiger partial charge in [0.05, 0.1) is 22.4 Å². The van der Waals surface area contributed by atoms with E-state index < -0.39 is 10.9 Å². The van der Waals surface area contributed by atoms with Gasteiger partial charge < -0.3 is 4.74 Å². The van der Waals surface area contributed by atoms with Crippen LogP contribution in [-0.4, -0.2) is 28.6 Å². The Bertz CT molecular complexity index is 515. The van der Waals surface area contributed by atoms with Gasteiger partial charge in [-0.15, -0.1) is 0 Å². The van der Waals surface area contributed by atoms with Gasteiger partial charge in [-0.25, -0.2) is 4.79 Å². The molecule has 1 aromatic carbocycles. The van der Waals surface area contributed by atoms with Crippen molar-refractivity contribution in [2.24, 2.45) is 0 Å². The van der Waals surface area contributed by atoms with E-state index in [2.05, 4.69) is 15.9 Å². The molecule has 1 aromatic rings. The van der Waals surface area contributed by atoms with Crippen LogP contribution in [0.3, 0.4) is 0 Å². The predicted molar refractivity (Wildman–Crippen MR) is 71.6 cm³/mol. The molecular weight excluding hydrogens is 318 g/mol. The van der Waals surface area contributed by atoms with Crippen molar-refractivity contribution in [3.63, 3.8) is 0 Å². The van der Waals surface area contributed by atoms with Crippen LogP contribution < -0.4 is 0 Å². The Hall–Kier alpha value is -1.76. The topological polar surface area (TPSA) is 86.5 Å². The number of alkyl halides is 1. The van der Waals surface area contributed by atoms with E-state index in [1.807, 2.05) is 0 Å². The molecule has 0 heterocycles. The Morgan fingerprint density at radius 1 is 1.42 bits per heavy atom. The van der Waals surface area contributed by atoms with Gasteiger partial charge in [0.15, 0.2) is 0 Å². The molecule has 0 unspecified atom stereocenters. The molecule has 19 heavy (non-hydrogen) atoms. The molecule has 0 fully saturated rings. The second-order valence-electron chi connectivity index (χ2n) is 3.67. The van der Waals surface area contributed by atoms with Crippen molar-refractivity contribution in [3.8, 4) is 0 Å². The van der Waals surface area contributed by atoms with Crippen molar-refractivity contribution in [1.29, 1.82) is 0 Å². The number of nitrogens with zero attached hydrogens (tertiary/aromatic N) is 1. The third-order valence-corrected chi connectivity index (χ3v) is 2.95. The van der Waals surface area contributed by atoms with E-state index in [1.54, 1.807) is 6.92 Å². The number of nitro groups is 1. The van der Waals surface area contributed by atoms with E-state index in [1.165, 1.54) is 18.2 Å². The summed E-state index contributed by atoms with van der Waals surface area (Å²) in [6, 6.07) is 3.86. The predicted octanol–water partition coefficient (Wildman–Crippen LogP) is 2.28. The van der Waals surface area contributed by atoms with E-state index in [0.29, 0.717) is 0 Å². The molecule has 0 spiro atoms. The van der Waals surface area contributed by atoms with Crippen LogP contribution in [-0.2, 0) is 16.0 Å². The van der Waals surface area contributed by atoms with Crippen LogP contribution in [0.25, 0.3) is 0 Å². The fraction of sp³-hybridized carbons (Fsp3) is 0.333. The van der Waals surface area contributed by atoms with E-state index in [-0.39, 0.29) is 41.0 Å². The first kappa shape index (κ1) is 15.3. The number of nitro benzene ring substituents is 1. The number of carbonyl (C=O) groups excluding carboxylic acids is 2. The van der Waals surface area contributed by atoms with Crippen LogP contribution in [0.15, 0.2) is 18.2 Å². The molecule has 0 aliphatic heterocycles. The maximum atomic E-state index is 11.5. The molecule has 0 saturated carbocycles. The zero-order valence-electron chi connectivity index (χ0n) is 10.2. The fourth-order valence-electron chi connectivity index (χ4n) is 1.51. The quantitative estimate of drug-likeness (QED) is 0.346. The molecule has 0 radical (unpaired) electrons. The van der Waals surface area contributed by atoms with Crippen molar-refractivity contribution in [2.45, 2.75) is 13.3 Å². The number of carbonyl (C=O) groups is 2. The highest BCUT2D eigenvalue weighted by atomic mass is 79.9. The number of rotatable bonds is 6. The van der Waals surface area contributed by atoms with Crippen LogP contribution in [0.2, 0.25) is 0 Å². The smallest absolute Gasteiger partial charge is 0.338 e. The summed E-state index contributed by atoms with van der Waals surface area (Å²) in [5.41, 5.74) is 0.229. The first-order chi connectivity index (χ1) is 8.99. The minimum Gasteiger partial charge on any atom is -0.462 e.